The molecule has 0 aromatic carbocycles. The average molecular weight is 246 g/mol. The Morgan fingerprint density at radius 1 is 1.50 bits per heavy atom. The lowest BCUT2D eigenvalue weighted by atomic mass is 10.2. The van der Waals surface area contributed by atoms with Crippen LogP contribution in [-0.2, 0) is 0 Å². The molecule has 18 heavy (non-hydrogen) atoms. The predicted molar refractivity (Wildman–Crippen MR) is 61.3 cm³/mol. The van der Waals surface area contributed by atoms with Crippen LogP contribution in [0, 0.1) is 0 Å². The van der Waals surface area contributed by atoms with Crippen LogP contribution >= 0.6 is 0 Å². The average Bonchev–Trinajstić information content (AvgIpc) is 3.11. The van der Waals surface area contributed by atoms with Crippen molar-refractivity contribution in [2.75, 3.05) is 5.32 Å². The predicted octanol–water partition coefficient (Wildman–Crippen LogP) is 0.888. The lowest BCUT2D eigenvalue weighted by Gasteiger charge is -1.97. The maximum atomic E-state index is 11.8. The Hall–Kier alpha value is -2.44. The Labute approximate surface area is 101 Å². The van der Waals surface area contributed by atoms with Gasteiger partial charge in [-0.15, -0.1) is 0 Å². The fourth-order valence-electron chi connectivity index (χ4n) is 1.56. The summed E-state index contributed by atoms with van der Waals surface area (Å²) in [6.07, 6.45) is 3.55. The first-order valence-corrected chi connectivity index (χ1v) is 5.56. The largest absolute Gasteiger partial charge is 0.328 e. The lowest BCUT2D eigenvalue weighted by Crippen LogP contribution is -2.22. The number of hydrogen-bond donors (Lipinski definition) is 2. The van der Waals surface area contributed by atoms with Crippen LogP contribution in [0.2, 0.25) is 0 Å². The van der Waals surface area contributed by atoms with Crippen LogP contribution in [0.1, 0.15) is 34.9 Å². The number of hydrogen-bond acceptors (Lipinski definition) is 5. The molecule has 1 amide bonds. The van der Waals surface area contributed by atoms with Crippen molar-refractivity contribution in [2.24, 2.45) is 0 Å². The number of nitrogens with one attached hydrogen (secondary N) is 2. The van der Waals surface area contributed by atoms with Gasteiger partial charge in [0.05, 0.1) is 0 Å². The van der Waals surface area contributed by atoms with Gasteiger partial charge in [-0.1, -0.05) is 5.16 Å². The van der Waals surface area contributed by atoms with Crippen molar-refractivity contribution in [1.82, 2.24) is 15.1 Å². The highest BCUT2D eigenvalue weighted by Crippen LogP contribution is 2.38. The van der Waals surface area contributed by atoms with E-state index in [1.165, 1.54) is 12.3 Å². The van der Waals surface area contributed by atoms with Gasteiger partial charge in [-0.05, 0) is 25.0 Å². The van der Waals surface area contributed by atoms with Gasteiger partial charge in [-0.3, -0.25) is 14.9 Å². The topological polar surface area (TPSA) is 101 Å². The quantitative estimate of drug-likeness (QED) is 0.837. The first kappa shape index (κ1) is 10.7. The number of amides is 1. The van der Waals surface area contributed by atoms with E-state index in [0.717, 1.165) is 12.8 Å². The number of pyridine rings is 1. The highest BCUT2D eigenvalue weighted by atomic mass is 16.5. The second-order valence-electron chi connectivity index (χ2n) is 4.10. The molecule has 0 atom stereocenters. The summed E-state index contributed by atoms with van der Waals surface area (Å²) in [4.78, 5) is 29.6. The zero-order valence-corrected chi connectivity index (χ0v) is 9.34. The number of anilines is 1. The lowest BCUT2D eigenvalue weighted by molar-refractivity contribution is 0.102. The second kappa shape index (κ2) is 4.10. The first-order valence-electron chi connectivity index (χ1n) is 5.56. The molecule has 1 aliphatic rings. The SMILES string of the molecule is O=C(Nc1nc(C2CC2)no1)c1ccc[nH]c1=O. The van der Waals surface area contributed by atoms with E-state index >= 15 is 0 Å². The molecule has 7 heteroatoms. The standard InChI is InChI=1S/C11H10N4O3/c16-9-7(2-1-5-12-9)10(17)14-11-13-8(15-18-11)6-3-4-6/h1-2,5-6H,3-4H2,(H,12,16)(H,13,14,15,17). The van der Waals surface area contributed by atoms with Crippen LogP contribution in [-0.4, -0.2) is 21.0 Å². The molecule has 0 unspecified atom stereocenters. The zero-order valence-electron chi connectivity index (χ0n) is 9.34. The molecule has 7 nitrogen and oxygen atoms in total. The number of carbonyl (C=O) groups is 1. The molecular weight excluding hydrogens is 236 g/mol. The number of H-pyrrole nitrogens is 1. The third-order valence-electron chi connectivity index (χ3n) is 2.67. The fraction of sp³-hybridized carbons (Fsp3) is 0.273. The third-order valence-corrected chi connectivity index (χ3v) is 2.67. The molecule has 0 saturated heterocycles. The first-order chi connectivity index (χ1) is 8.74. The Kier molecular flexibility index (Phi) is 2.44. The van der Waals surface area contributed by atoms with Crippen LogP contribution in [0.25, 0.3) is 0 Å². The van der Waals surface area contributed by atoms with Crippen LogP contribution in [0.5, 0.6) is 0 Å². The maximum absolute atomic E-state index is 11.8. The number of carbonyl (C=O) groups excluding carboxylic acids is 1. The van der Waals surface area contributed by atoms with Crippen molar-refractivity contribution >= 4 is 11.9 Å². The number of aromatic nitrogens is 3. The molecular formula is C11H10N4O3. The Morgan fingerprint density at radius 3 is 3.06 bits per heavy atom. The van der Waals surface area contributed by atoms with E-state index in [0.29, 0.717) is 11.7 Å². The molecule has 2 aromatic rings. The van der Waals surface area contributed by atoms with E-state index in [1.54, 1.807) is 6.07 Å². The number of rotatable bonds is 3. The Bertz CT molecular complexity index is 641. The van der Waals surface area contributed by atoms with Crippen molar-refractivity contribution in [2.45, 2.75) is 18.8 Å². The van der Waals surface area contributed by atoms with Crippen LogP contribution in [0.4, 0.5) is 6.01 Å². The van der Waals surface area contributed by atoms with Gasteiger partial charge in [0.25, 0.3) is 11.5 Å². The van der Waals surface area contributed by atoms with Crippen molar-refractivity contribution in [1.29, 1.82) is 0 Å². The molecule has 0 spiro atoms. The van der Waals surface area contributed by atoms with Crippen LogP contribution in [0.15, 0.2) is 27.6 Å². The monoisotopic (exact) mass is 246 g/mol. The fourth-order valence-corrected chi connectivity index (χ4v) is 1.56. The molecule has 2 heterocycles. The van der Waals surface area contributed by atoms with E-state index in [9.17, 15) is 9.59 Å². The molecule has 2 N–H and O–H groups in total. The Balaban J connectivity index is 1.77. The summed E-state index contributed by atoms with van der Waals surface area (Å²) in [5.74, 6) is 0.384. The van der Waals surface area contributed by atoms with Gasteiger partial charge in [0.15, 0.2) is 5.82 Å². The van der Waals surface area contributed by atoms with E-state index in [2.05, 4.69) is 20.4 Å². The molecule has 1 aliphatic carbocycles. The molecule has 0 radical (unpaired) electrons. The summed E-state index contributed by atoms with van der Waals surface area (Å²) in [7, 11) is 0. The highest BCUT2D eigenvalue weighted by molar-refractivity contribution is 6.02. The molecule has 2 aromatic heterocycles. The molecule has 92 valence electrons. The van der Waals surface area contributed by atoms with Crippen molar-refractivity contribution in [3.8, 4) is 0 Å². The Morgan fingerprint density at radius 2 is 2.33 bits per heavy atom. The van der Waals surface area contributed by atoms with Gasteiger partial charge in [-0.25, -0.2) is 0 Å². The van der Waals surface area contributed by atoms with E-state index < -0.39 is 11.5 Å². The summed E-state index contributed by atoms with van der Waals surface area (Å²) in [5, 5.41) is 6.16. The smallest absolute Gasteiger partial charge is 0.328 e. The highest BCUT2D eigenvalue weighted by Gasteiger charge is 2.29. The number of aromatic amines is 1. The third kappa shape index (κ3) is 2.02. The zero-order chi connectivity index (χ0) is 12.5. The summed E-state index contributed by atoms with van der Waals surface area (Å²) in [6, 6.07) is 3.01. The van der Waals surface area contributed by atoms with E-state index in [-0.39, 0.29) is 11.6 Å². The van der Waals surface area contributed by atoms with Gasteiger partial charge >= 0.3 is 6.01 Å². The van der Waals surface area contributed by atoms with Gasteiger partial charge < -0.3 is 9.51 Å². The van der Waals surface area contributed by atoms with E-state index in [4.69, 9.17) is 4.52 Å². The van der Waals surface area contributed by atoms with E-state index in [1.807, 2.05) is 0 Å². The summed E-state index contributed by atoms with van der Waals surface area (Å²) >= 11 is 0. The summed E-state index contributed by atoms with van der Waals surface area (Å²) < 4.78 is 4.89. The van der Waals surface area contributed by atoms with Crippen LogP contribution in [0.3, 0.4) is 0 Å². The van der Waals surface area contributed by atoms with Crippen molar-refractivity contribution in [3.63, 3.8) is 0 Å². The maximum Gasteiger partial charge on any atom is 0.328 e. The minimum atomic E-state index is -0.567. The van der Waals surface area contributed by atoms with Crippen molar-refractivity contribution < 1.29 is 9.32 Å². The van der Waals surface area contributed by atoms with Gasteiger partial charge in [0.1, 0.15) is 5.56 Å². The minimum absolute atomic E-state index is 0.00340. The molecule has 3 rings (SSSR count). The van der Waals surface area contributed by atoms with Crippen LogP contribution < -0.4 is 10.9 Å². The number of nitrogens with zero attached hydrogens (tertiary/aromatic N) is 2. The molecule has 0 bridgehead atoms. The summed E-state index contributed by atoms with van der Waals surface area (Å²) in [5.41, 5.74) is -0.458. The molecule has 1 saturated carbocycles. The van der Waals surface area contributed by atoms with Crippen molar-refractivity contribution in [3.05, 3.63) is 40.1 Å². The molecule has 1 fully saturated rings. The second-order valence-corrected chi connectivity index (χ2v) is 4.10. The summed E-state index contributed by atoms with van der Waals surface area (Å²) in [6.45, 7) is 0. The minimum Gasteiger partial charge on any atom is -0.328 e. The normalized spacial score (nSPS) is 14.4. The van der Waals surface area contributed by atoms with Gasteiger partial charge in [-0.2, -0.15) is 4.98 Å². The molecule has 0 aliphatic heterocycles. The van der Waals surface area contributed by atoms with Gasteiger partial charge in [0, 0.05) is 12.1 Å². The van der Waals surface area contributed by atoms with Gasteiger partial charge in [0.2, 0.25) is 0 Å².